The predicted molar refractivity (Wildman–Crippen MR) is 90.2 cm³/mol. The summed E-state index contributed by atoms with van der Waals surface area (Å²) in [6, 6.07) is 5.14. The Balaban J connectivity index is 2.10. The minimum absolute atomic E-state index is 0.363. The fourth-order valence-corrected chi connectivity index (χ4v) is 4.14. The maximum atomic E-state index is 4.74. The SMILES string of the molecule is CNC(C)c1sc(N(C)C(C)Cc2cccs2)nc1C. The lowest BCUT2D eigenvalue weighted by Crippen LogP contribution is -2.30. The van der Waals surface area contributed by atoms with E-state index < -0.39 is 0 Å². The van der Waals surface area contributed by atoms with Crippen LogP contribution in [0, 0.1) is 6.92 Å². The first-order chi connectivity index (χ1) is 9.52. The summed E-state index contributed by atoms with van der Waals surface area (Å²) < 4.78 is 0. The summed E-state index contributed by atoms with van der Waals surface area (Å²) >= 11 is 3.62. The number of rotatable bonds is 6. The minimum atomic E-state index is 0.363. The molecule has 0 saturated heterocycles. The Labute approximate surface area is 129 Å². The van der Waals surface area contributed by atoms with Crippen molar-refractivity contribution in [3.63, 3.8) is 0 Å². The van der Waals surface area contributed by atoms with Gasteiger partial charge in [-0.15, -0.1) is 22.7 Å². The monoisotopic (exact) mass is 309 g/mol. The van der Waals surface area contributed by atoms with Gasteiger partial charge in [0.1, 0.15) is 0 Å². The van der Waals surface area contributed by atoms with Crippen molar-refractivity contribution in [1.29, 1.82) is 0 Å². The Morgan fingerprint density at radius 2 is 2.15 bits per heavy atom. The summed E-state index contributed by atoms with van der Waals surface area (Å²) in [5, 5.41) is 6.55. The number of likely N-dealkylation sites (N-methyl/N-ethyl adjacent to an activating group) is 1. The van der Waals surface area contributed by atoms with E-state index in [9.17, 15) is 0 Å². The Bertz CT molecular complexity index is 533. The first-order valence-electron chi connectivity index (χ1n) is 6.92. The highest BCUT2D eigenvalue weighted by atomic mass is 32.1. The number of aryl methyl sites for hydroxylation is 1. The molecule has 0 aliphatic heterocycles. The van der Waals surface area contributed by atoms with E-state index in [0.717, 1.165) is 17.2 Å². The molecule has 0 aliphatic rings. The predicted octanol–water partition coefficient (Wildman–Crippen LogP) is 3.86. The van der Waals surface area contributed by atoms with E-state index in [-0.39, 0.29) is 0 Å². The molecule has 2 heterocycles. The molecule has 0 aromatic carbocycles. The van der Waals surface area contributed by atoms with Crippen molar-refractivity contribution in [3.8, 4) is 0 Å². The van der Waals surface area contributed by atoms with Crippen LogP contribution in [0.2, 0.25) is 0 Å². The largest absolute Gasteiger partial charge is 0.348 e. The molecule has 0 bridgehead atoms. The number of aromatic nitrogens is 1. The summed E-state index contributed by atoms with van der Waals surface area (Å²) in [5.74, 6) is 0. The molecule has 110 valence electrons. The van der Waals surface area contributed by atoms with E-state index in [1.807, 2.05) is 18.4 Å². The van der Waals surface area contributed by atoms with Gasteiger partial charge >= 0.3 is 0 Å². The number of hydrogen-bond donors (Lipinski definition) is 1. The first-order valence-corrected chi connectivity index (χ1v) is 8.62. The zero-order chi connectivity index (χ0) is 14.7. The van der Waals surface area contributed by atoms with Crippen molar-refractivity contribution < 1.29 is 0 Å². The van der Waals surface area contributed by atoms with Gasteiger partial charge in [0.25, 0.3) is 0 Å². The van der Waals surface area contributed by atoms with Gasteiger partial charge in [-0.2, -0.15) is 0 Å². The van der Waals surface area contributed by atoms with Crippen LogP contribution in [0.1, 0.15) is 35.3 Å². The number of nitrogens with zero attached hydrogens (tertiary/aromatic N) is 2. The van der Waals surface area contributed by atoms with Crippen molar-refractivity contribution >= 4 is 27.8 Å². The highest BCUT2D eigenvalue weighted by Gasteiger charge is 2.18. The van der Waals surface area contributed by atoms with Gasteiger partial charge in [0.05, 0.1) is 5.69 Å². The Kier molecular flexibility index (Phi) is 5.18. The number of thiazole rings is 1. The van der Waals surface area contributed by atoms with Crippen molar-refractivity contribution in [1.82, 2.24) is 10.3 Å². The van der Waals surface area contributed by atoms with Crippen molar-refractivity contribution in [3.05, 3.63) is 33.0 Å². The van der Waals surface area contributed by atoms with E-state index in [2.05, 4.69) is 55.5 Å². The average molecular weight is 310 g/mol. The second kappa shape index (κ2) is 6.70. The van der Waals surface area contributed by atoms with Crippen LogP contribution < -0.4 is 10.2 Å². The Morgan fingerprint density at radius 3 is 2.75 bits per heavy atom. The normalized spacial score (nSPS) is 14.2. The average Bonchev–Trinajstić information content (AvgIpc) is 3.06. The van der Waals surface area contributed by atoms with E-state index in [1.54, 1.807) is 11.3 Å². The van der Waals surface area contributed by atoms with Crippen LogP contribution in [0.3, 0.4) is 0 Å². The molecule has 1 N–H and O–H groups in total. The molecule has 0 fully saturated rings. The molecule has 20 heavy (non-hydrogen) atoms. The van der Waals surface area contributed by atoms with Gasteiger partial charge < -0.3 is 10.2 Å². The van der Waals surface area contributed by atoms with Crippen LogP contribution in [0.5, 0.6) is 0 Å². The molecular weight excluding hydrogens is 286 g/mol. The van der Waals surface area contributed by atoms with Crippen LogP contribution in [0.25, 0.3) is 0 Å². The molecular formula is C15H23N3S2. The van der Waals surface area contributed by atoms with Gasteiger partial charge in [0.15, 0.2) is 5.13 Å². The lowest BCUT2D eigenvalue weighted by Gasteiger charge is -2.23. The molecule has 2 unspecified atom stereocenters. The maximum absolute atomic E-state index is 4.74. The van der Waals surface area contributed by atoms with E-state index in [0.29, 0.717) is 12.1 Å². The van der Waals surface area contributed by atoms with Gasteiger partial charge in [-0.05, 0) is 39.3 Å². The molecule has 0 spiro atoms. The molecule has 0 aliphatic carbocycles. The van der Waals surface area contributed by atoms with Gasteiger partial charge in [-0.25, -0.2) is 4.98 Å². The third-order valence-corrected chi connectivity index (χ3v) is 6.02. The van der Waals surface area contributed by atoms with Crippen LogP contribution >= 0.6 is 22.7 Å². The highest BCUT2D eigenvalue weighted by molar-refractivity contribution is 7.15. The van der Waals surface area contributed by atoms with Gasteiger partial charge in [-0.3, -0.25) is 0 Å². The Hall–Kier alpha value is -0.910. The van der Waals surface area contributed by atoms with Gasteiger partial charge in [-0.1, -0.05) is 6.07 Å². The summed E-state index contributed by atoms with van der Waals surface area (Å²) in [7, 11) is 4.14. The molecule has 5 heteroatoms. The fraction of sp³-hybridized carbons (Fsp3) is 0.533. The summed E-state index contributed by atoms with van der Waals surface area (Å²) in [6.45, 7) is 6.54. The third kappa shape index (κ3) is 3.40. The molecule has 2 aromatic heterocycles. The van der Waals surface area contributed by atoms with E-state index in [4.69, 9.17) is 4.98 Å². The number of nitrogens with one attached hydrogen (secondary N) is 1. The van der Waals surface area contributed by atoms with E-state index in [1.165, 1.54) is 9.75 Å². The smallest absolute Gasteiger partial charge is 0.185 e. The molecule has 2 aromatic rings. The maximum Gasteiger partial charge on any atom is 0.185 e. The standard InChI is InChI=1S/C15H23N3S2/c1-10(9-13-7-6-8-19-13)18(5)15-17-12(3)14(20-15)11(2)16-4/h6-8,10-11,16H,9H2,1-5H3. The lowest BCUT2D eigenvalue weighted by molar-refractivity contribution is 0.658. The van der Waals surface area contributed by atoms with E-state index >= 15 is 0 Å². The molecule has 2 rings (SSSR count). The molecule has 0 saturated carbocycles. The van der Waals surface area contributed by atoms with Crippen LogP contribution in [-0.4, -0.2) is 25.1 Å². The molecule has 0 amide bonds. The zero-order valence-corrected chi connectivity index (χ0v) is 14.4. The highest BCUT2D eigenvalue weighted by Crippen LogP contribution is 2.31. The second-order valence-corrected chi connectivity index (χ2v) is 7.24. The molecule has 2 atom stereocenters. The molecule has 3 nitrogen and oxygen atoms in total. The number of hydrogen-bond acceptors (Lipinski definition) is 5. The topological polar surface area (TPSA) is 28.2 Å². The van der Waals surface area contributed by atoms with Crippen molar-refractivity contribution in [2.75, 3.05) is 19.0 Å². The van der Waals surface area contributed by atoms with Crippen LogP contribution in [0.4, 0.5) is 5.13 Å². The second-order valence-electron chi connectivity index (χ2n) is 5.20. The van der Waals surface area contributed by atoms with Crippen molar-refractivity contribution in [2.24, 2.45) is 0 Å². The number of thiophene rings is 1. The lowest BCUT2D eigenvalue weighted by atomic mass is 10.2. The summed E-state index contributed by atoms with van der Waals surface area (Å²) in [5.41, 5.74) is 1.14. The Morgan fingerprint density at radius 1 is 1.40 bits per heavy atom. The van der Waals surface area contributed by atoms with Gasteiger partial charge in [0, 0.05) is 35.3 Å². The molecule has 0 radical (unpaired) electrons. The zero-order valence-electron chi connectivity index (χ0n) is 12.8. The van der Waals surface area contributed by atoms with Crippen LogP contribution in [0.15, 0.2) is 17.5 Å². The summed E-state index contributed by atoms with van der Waals surface area (Å²) in [6.07, 6.45) is 1.07. The number of anilines is 1. The third-order valence-electron chi connectivity index (χ3n) is 3.69. The quantitative estimate of drug-likeness (QED) is 0.878. The fourth-order valence-electron chi connectivity index (χ4n) is 2.12. The van der Waals surface area contributed by atoms with Crippen molar-refractivity contribution in [2.45, 2.75) is 39.3 Å². The van der Waals surface area contributed by atoms with Gasteiger partial charge in [0.2, 0.25) is 0 Å². The van der Waals surface area contributed by atoms with Crippen LogP contribution in [-0.2, 0) is 6.42 Å². The first kappa shape index (κ1) is 15.5. The minimum Gasteiger partial charge on any atom is -0.348 e. The summed E-state index contributed by atoms with van der Waals surface area (Å²) in [4.78, 5) is 9.80.